The van der Waals surface area contributed by atoms with Gasteiger partial charge in [0.25, 0.3) is 0 Å². The van der Waals surface area contributed by atoms with E-state index in [-0.39, 0.29) is 0 Å². The average Bonchev–Trinajstić information content (AvgIpc) is 2.44. The minimum atomic E-state index is 0.736. The van der Waals surface area contributed by atoms with Crippen molar-refractivity contribution in [3.63, 3.8) is 0 Å². The summed E-state index contributed by atoms with van der Waals surface area (Å²) in [4.78, 5) is 0. The van der Waals surface area contributed by atoms with E-state index in [0.29, 0.717) is 0 Å². The van der Waals surface area contributed by atoms with Gasteiger partial charge < -0.3 is 0 Å². The summed E-state index contributed by atoms with van der Waals surface area (Å²) < 4.78 is 0.736. The first kappa shape index (κ1) is 6.05. The first-order valence-corrected chi connectivity index (χ1v) is 3.30. The van der Waals surface area contributed by atoms with Crippen LogP contribution in [-0.2, 0) is 0 Å². The second-order valence-electron chi connectivity index (χ2n) is 2.89. The Morgan fingerprint density at radius 3 is 2.25 bits per heavy atom. The zero-order chi connectivity index (χ0) is 6.20. The Kier molecular flexibility index (Phi) is 1.29. The van der Waals surface area contributed by atoms with E-state index in [0.717, 1.165) is 17.2 Å². The number of hydrogen-bond acceptors (Lipinski definition) is 1. The van der Waals surface area contributed by atoms with Crippen molar-refractivity contribution in [1.29, 1.82) is 0 Å². The van der Waals surface area contributed by atoms with Crippen LogP contribution in [0.15, 0.2) is 0 Å². The molecule has 48 valence electrons. The second kappa shape index (κ2) is 1.71. The molecule has 1 saturated carbocycles. The van der Waals surface area contributed by atoms with Gasteiger partial charge in [-0.05, 0) is 6.92 Å². The number of rotatable bonds is 2. The Morgan fingerprint density at radius 1 is 1.62 bits per heavy atom. The maximum Gasteiger partial charge on any atom is 0.106 e. The number of nitrogens with zero attached hydrogens (tertiary/aromatic N) is 1. The molecule has 0 aliphatic heterocycles. The molecule has 0 aromatic rings. The Labute approximate surface area is 50.8 Å². The Hall–Kier alpha value is -0.0800. The van der Waals surface area contributed by atoms with Crippen LogP contribution >= 0.6 is 0 Å². The third-order valence-corrected chi connectivity index (χ3v) is 2.06. The van der Waals surface area contributed by atoms with E-state index in [9.17, 15) is 0 Å². The zero-order valence-electron chi connectivity index (χ0n) is 5.72. The molecule has 0 spiro atoms. The van der Waals surface area contributed by atoms with Crippen LogP contribution in [0.2, 0.25) is 0 Å². The third-order valence-electron chi connectivity index (χ3n) is 2.06. The average molecular weight is 115 g/mol. The highest BCUT2D eigenvalue weighted by Gasteiger charge is 2.37. The van der Waals surface area contributed by atoms with Gasteiger partial charge in [-0.15, -0.1) is 0 Å². The van der Waals surface area contributed by atoms with E-state index < -0.39 is 0 Å². The second-order valence-corrected chi connectivity index (χ2v) is 2.89. The third kappa shape index (κ3) is 1.01. The van der Waals surface area contributed by atoms with Gasteiger partial charge in [-0.2, -0.15) is 5.84 Å². The van der Waals surface area contributed by atoms with Gasteiger partial charge in [-0.25, -0.2) is 4.59 Å². The van der Waals surface area contributed by atoms with Crippen LogP contribution in [0.25, 0.3) is 0 Å². The molecule has 1 aliphatic carbocycles. The van der Waals surface area contributed by atoms with E-state index in [4.69, 9.17) is 5.84 Å². The molecule has 1 unspecified atom stereocenters. The highest BCUT2D eigenvalue weighted by atomic mass is 15.6. The minimum absolute atomic E-state index is 0.736. The van der Waals surface area contributed by atoms with Crippen LogP contribution in [0.4, 0.5) is 0 Å². The van der Waals surface area contributed by atoms with E-state index in [1.54, 1.807) is 0 Å². The maximum absolute atomic E-state index is 5.86. The van der Waals surface area contributed by atoms with Gasteiger partial charge in [0.1, 0.15) is 6.04 Å². The summed E-state index contributed by atoms with van der Waals surface area (Å²) in [5.74, 6) is 5.86. The smallest absolute Gasteiger partial charge is 0.106 e. The molecule has 0 aromatic heterocycles. The van der Waals surface area contributed by atoms with Crippen molar-refractivity contribution in [2.24, 2.45) is 5.84 Å². The SMILES string of the molecule is CC[N+](C)(N)C1CC1. The van der Waals surface area contributed by atoms with Crippen molar-refractivity contribution in [3.05, 3.63) is 0 Å². The van der Waals surface area contributed by atoms with Gasteiger partial charge in [0.15, 0.2) is 0 Å². The number of nitrogens with two attached hydrogens (primary N) is 1. The molecule has 1 atom stereocenters. The molecule has 0 radical (unpaired) electrons. The zero-order valence-corrected chi connectivity index (χ0v) is 5.72. The quantitative estimate of drug-likeness (QED) is 0.316. The number of quaternary nitrogens is 1. The Bertz CT molecular complexity index is 84.5. The van der Waals surface area contributed by atoms with E-state index in [1.807, 2.05) is 0 Å². The molecule has 1 fully saturated rings. The summed E-state index contributed by atoms with van der Waals surface area (Å²) in [7, 11) is 2.09. The molecule has 0 saturated heterocycles. The minimum Gasteiger partial charge on any atom is -0.248 e. The highest BCUT2D eigenvalue weighted by Crippen LogP contribution is 2.28. The lowest BCUT2D eigenvalue weighted by molar-refractivity contribution is -0.930. The lowest BCUT2D eigenvalue weighted by Crippen LogP contribution is -2.52. The van der Waals surface area contributed by atoms with E-state index >= 15 is 0 Å². The summed E-state index contributed by atoms with van der Waals surface area (Å²) in [5, 5.41) is 0. The summed E-state index contributed by atoms with van der Waals surface area (Å²) in [6, 6.07) is 0.778. The largest absolute Gasteiger partial charge is 0.248 e. The van der Waals surface area contributed by atoms with Crippen molar-refractivity contribution in [1.82, 2.24) is 0 Å². The lowest BCUT2D eigenvalue weighted by atomic mass is 10.5. The van der Waals surface area contributed by atoms with Crippen molar-refractivity contribution in [2.45, 2.75) is 25.8 Å². The summed E-state index contributed by atoms with van der Waals surface area (Å²) >= 11 is 0. The monoisotopic (exact) mass is 115 g/mol. The fraction of sp³-hybridized carbons (Fsp3) is 1.00. The summed E-state index contributed by atoms with van der Waals surface area (Å²) in [6.07, 6.45) is 2.67. The molecule has 2 nitrogen and oxygen atoms in total. The molecule has 1 rings (SSSR count). The first-order valence-electron chi connectivity index (χ1n) is 3.30. The molecule has 1 aliphatic rings. The van der Waals surface area contributed by atoms with Gasteiger partial charge in [-0.3, -0.25) is 0 Å². The molecule has 2 N–H and O–H groups in total. The van der Waals surface area contributed by atoms with Crippen molar-refractivity contribution in [2.75, 3.05) is 13.6 Å². The molecule has 0 bridgehead atoms. The van der Waals surface area contributed by atoms with Crippen LogP contribution in [0.3, 0.4) is 0 Å². The van der Waals surface area contributed by atoms with Gasteiger partial charge in [-0.1, -0.05) is 0 Å². The molecular weight excluding hydrogens is 100 g/mol. The molecule has 0 amide bonds. The van der Waals surface area contributed by atoms with Gasteiger partial charge in [0.05, 0.1) is 13.6 Å². The highest BCUT2D eigenvalue weighted by molar-refractivity contribution is 4.72. The normalized spacial score (nSPS) is 27.4. The molecule has 0 heterocycles. The predicted molar refractivity (Wildman–Crippen MR) is 33.9 cm³/mol. The predicted octanol–water partition coefficient (Wildman–Crippen LogP) is 0.489. The van der Waals surface area contributed by atoms with Crippen LogP contribution in [0.5, 0.6) is 0 Å². The summed E-state index contributed by atoms with van der Waals surface area (Å²) in [5.41, 5.74) is 0. The van der Waals surface area contributed by atoms with E-state index in [1.165, 1.54) is 12.8 Å². The van der Waals surface area contributed by atoms with E-state index in [2.05, 4.69) is 14.0 Å². The van der Waals surface area contributed by atoms with Crippen LogP contribution in [0.1, 0.15) is 19.8 Å². The molecule has 2 heteroatoms. The fourth-order valence-corrected chi connectivity index (χ4v) is 0.923. The Morgan fingerprint density at radius 2 is 2.12 bits per heavy atom. The van der Waals surface area contributed by atoms with Crippen LogP contribution < -0.4 is 5.84 Å². The van der Waals surface area contributed by atoms with Crippen molar-refractivity contribution >= 4 is 0 Å². The standard InChI is InChI=1S/C6H15N2/c1-3-8(2,7)6-4-5-6/h6H,3-5,7H2,1-2H3/q+1. The molecule has 0 aromatic carbocycles. The van der Waals surface area contributed by atoms with Gasteiger partial charge >= 0.3 is 0 Å². The van der Waals surface area contributed by atoms with Crippen molar-refractivity contribution in [3.8, 4) is 0 Å². The molecule has 8 heavy (non-hydrogen) atoms. The Balaban J connectivity index is 2.37. The van der Waals surface area contributed by atoms with Gasteiger partial charge in [0.2, 0.25) is 0 Å². The van der Waals surface area contributed by atoms with Crippen molar-refractivity contribution < 1.29 is 4.59 Å². The number of hydrogen-bond donors (Lipinski definition) is 1. The van der Waals surface area contributed by atoms with Crippen LogP contribution in [-0.4, -0.2) is 24.2 Å². The maximum atomic E-state index is 5.86. The van der Waals surface area contributed by atoms with Gasteiger partial charge in [0, 0.05) is 12.8 Å². The summed E-state index contributed by atoms with van der Waals surface area (Å²) in [6.45, 7) is 3.20. The first-order chi connectivity index (χ1) is 3.67. The topological polar surface area (TPSA) is 26.0 Å². The fourth-order valence-electron chi connectivity index (χ4n) is 0.923. The molecular formula is C6H15N2+. The van der Waals surface area contributed by atoms with Crippen LogP contribution in [0, 0.1) is 0 Å². The lowest BCUT2D eigenvalue weighted by Gasteiger charge is -2.25.